The first kappa shape index (κ1) is 13.9. The summed E-state index contributed by atoms with van der Waals surface area (Å²) >= 11 is 2.41. The molecule has 1 aromatic rings. The van der Waals surface area contributed by atoms with E-state index in [1.54, 1.807) is 0 Å². The van der Waals surface area contributed by atoms with E-state index in [1.165, 1.54) is 48.6 Å². The van der Waals surface area contributed by atoms with Gasteiger partial charge in [0.25, 0.3) is 0 Å². The zero-order chi connectivity index (χ0) is 11.6. The summed E-state index contributed by atoms with van der Waals surface area (Å²) < 4.78 is 3.26. The van der Waals surface area contributed by atoms with Crippen molar-refractivity contribution < 1.29 is 0 Å². The fraction of sp³-hybridized carbons (Fsp3) is 0.833. The highest BCUT2D eigenvalue weighted by Crippen LogP contribution is 2.08. The Kier molecular flexibility index (Phi) is 7.80. The number of hydrogen-bond acceptors (Lipinski definition) is 2. The maximum atomic E-state index is 4.13. The van der Waals surface area contributed by atoms with Gasteiger partial charge in [0.2, 0.25) is 0 Å². The maximum absolute atomic E-state index is 4.13. The van der Waals surface area contributed by atoms with Gasteiger partial charge in [-0.25, -0.2) is 4.68 Å². The normalized spacial score (nSPS) is 10.9. The summed E-state index contributed by atoms with van der Waals surface area (Å²) in [5, 5.41) is 8.13. The standard InChI is InChI=1S/C12H22IN3/c1-2-3-4-5-6-8-12-11-14-15-16(12)10-7-9-13/h11H,2-10H2,1H3. The average molecular weight is 335 g/mol. The number of nitrogens with zero attached hydrogens (tertiary/aromatic N) is 3. The third-order valence-corrected chi connectivity index (χ3v) is 3.50. The molecule has 0 bridgehead atoms. The zero-order valence-electron chi connectivity index (χ0n) is 10.2. The fourth-order valence-electron chi connectivity index (χ4n) is 1.78. The van der Waals surface area contributed by atoms with Gasteiger partial charge in [-0.05, 0) is 19.3 Å². The van der Waals surface area contributed by atoms with Crippen molar-refractivity contribution in [2.75, 3.05) is 4.43 Å². The van der Waals surface area contributed by atoms with Crippen molar-refractivity contribution in [3.63, 3.8) is 0 Å². The molecule has 0 aliphatic rings. The van der Waals surface area contributed by atoms with Crippen LogP contribution in [-0.4, -0.2) is 19.4 Å². The van der Waals surface area contributed by atoms with Crippen LogP contribution < -0.4 is 0 Å². The van der Waals surface area contributed by atoms with Crippen molar-refractivity contribution >= 4 is 22.6 Å². The lowest BCUT2D eigenvalue weighted by Gasteiger charge is -2.04. The third kappa shape index (κ3) is 5.27. The number of aromatic nitrogens is 3. The van der Waals surface area contributed by atoms with Crippen LogP contribution >= 0.6 is 22.6 Å². The van der Waals surface area contributed by atoms with Gasteiger partial charge in [0.15, 0.2) is 0 Å². The zero-order valence-corrected chi connectivity index (χ0v) is 12.3. The fourth-order valence-corrected chi connectivity index (χ4v) is 2.12. The van der Waals surface area contributed by atoms with Crippen LogP contribution in [-0.2, 0) is 13.0 Å². The van der Waals surface area contributed by atoms with Gasteiger partial charge in [-0.1, -0.05) is 60.4 Å². The van der Waals surface area contributed by atoms with E-state index in [0.717, 1.165) is 13.0 Å². The first-order chi connectivity index (χ1) is 7.88. The van der Waals surface area contributed by atoms with E-state index in [4.69, 9.17) is 0 Å². The Hall–Kier alpha value is -0.130. The predicted octanol–water partition coefficient (Wildman–Crippen LogP) is 3.62. The summed E-state index contributed by atoms with van der Waals surface area (Å²) in [6.45, 7) is 3.27. The first-order valence-electron chi connectivity index (χ1n) is 6.31. The highest BCUT2D eigenvalue weighted by Gasteiger charge is 2.02. The Bertz CT molecular complexity index is 273. The molecule has 0 atom stereocenters. The lowest BCUT2D eigenvalue weighted by Crippen LogP contribution is -2.05. The Morgan fingerprint density at radius 2 is 2.00 bits per heavy atom. The molecule has 92 valence electrons. The molecule has 3 nitrogen and oxygen atoms in total. The number of halogens is 1. The van der Waals surface area contributed by atoms with E-state index in [0.29, 0.717) is 0 Å². The topological polar surface area (TPSA) is 30.7 Å². The van der Waals surface area contributed by atoms with Crippen molar-refractivity contribution in [2.24, 2.45) is 0 Å². The number of aryl methyl sites for hydroxylation is 2. The van der Waals surface area contributed by atoms with Crippen LogP contribution in [0, 0.1) is 0 Å². The molecule has 16 heavy (non-hydrogen) atoms. The van der Waals surface area contributed by atoms with Crippen LogP contribution in [0.25, 0.3) is 0 Å². The van der Waals surface area contributed by atoms with E-state index in [9.17, 15) is 0 Å². The Labute approximate surface area is 112 Å². The molecule has 0 aromatic carbocycles. The van der Waals surface area contributed by atoms with E-state index in [-0.39, 0.29) is 0 Å². The molecule has 0 aliphatic carbocycles. The first-order valence-corrected chi connectivity index (χ1v) is 7.84. The average Bonchev–Trinajstić information content (AvgIpc) is 2.74. The van der Waals surface area contributed by atoms with E-state index in [2.05, 4.69) is 44.5 Å². The van der Waals surface area contributed by atoms with Crippen molar-refractivity contribution in [3.05, 3.63) is 11.9 Å². The smallest absolute Gasteiger partial charge is 0.0725 e. The van der Waals surface area contributed by atoms with Crippen LogP contribution in [0.2, 0.25) is 0 Å². The Morgan fingerprint density at radius 3 is 2.75 bits per heavy atom. The van der Waals surface area contributed by atoms with Gasteiger partial charge < -0.3 is 0 Å². The number of rotatable bonds is 9. The van der Waals surface area contributed by atoms with Crippen LogP contribution in [0.4, 0.5) is 0 Å². The molecule has 0 unspecified atom stereocenters. The number of alkyl halides is 1. The summed E-state index contributed by atoms with van der Waals surface area (Å²) in [6.07, 6.45) is 10.9. The van der Waals surface area contributed by atoms with E-state index >= 15 is 0 Å². The molecule has 0 amide bonds. The monoisotopic (exact) mass is 335 g/mol. The molecule has 1 aromatic heterocycles. The molecule has 0 saturated carbocycles. The second-order valence-electron chi connectivity index (χ2n) is 4.16. The summed E-state index contributed by atoms with van der Waals surface area (Å²) in [5.41, 5.74) is 1.31. The van der Waals surface area contributed by atoms with E-state index < -0.39 is 0 Å². The molecular formula is C12H22IN3. The molecular weight excluding hydrogens is 313 g/mol. The lowest BCUT2D eigenvalue weighted by atomic mass is 10.1. The van der Waals surface area contributed by atoms with Crippen molar-refractivity contribution in [1.29, 1.82) is 0 Å². The summed E-state index contributed by atoms with van der Waals surface area (Å²) in [4.78, 5) is 0. The minimum absolute atomic E-state index is 1.02. The van der Waals surface area contributed by atoms with Gasteiger partial charge in [0, 0.05) is 11.0 Å². The van der Waals surface area contributed by atoms with E-state index in [1.807, 2.05) is 6.20 Å². The van der Waals surface area contributed by atoms with Crippen molar-refractivity contribution in [2.45, 2.75) is 58.4 Å². The quantitative estimate of drug-likeness (QED) is 0.392. The molecule has 0 N–H and O–H groups in total. The van der Waals surface area contributed by atoms with Crippen molar-refractivity contribution in [3.8, 4) is 0 Å². The lowest BCUT2D eigenvalue weighted by molar-refractivity contribution is 0.545. The van der Waals surface area contributed by atoms with Crippen LogP contribution in [0.1, 0.15) is 51.1 Å². The molecule has 0 fully saturated rings. The number of hydrogen-bond donors (Lipinski definition) is 0. The Morgan fingerprint density at radius 1 is 1.19 bits per heavy atom. The third-order valence-electron chi connectivity index (χ3n) is 2.74. The summed E-state index contributed by atoms with van der Waals surface area (Å²) in [5.74, 6) is 0. The van der Waals surface area contributed by atoms with Gasteiger partial charge in [0.05, 0.1) is 11.9 Å². The minimum Gasteiger partial charge on any atom is -0.249 e. The highest BCUT2D eigenvalue weighted by atomic mass is 127. The van der Waals surface area contributed by atoms with Gasteiger partial charge >= 0.3 is 0 Å². The maximum Gasteiger partial charge on any atom is 0.0725 e. The molecule has 0 saturated heterocycles. The molecule has 0 spiro atoms. The van der Waals surface area contributed by atoms with Crippen LogP contribution in [0.3, 0.4) is 0 Å². The molecule has 0 radical (unpaired) electrons. The SMILES string of the molecule is CCCCCCCc1cnnn1CCCI. The Balaban J connectivity index is 2.22. The second-order valence-corrected chi connectivity index (χ2v) is 5.23. The van der Waals surface area contributed by atoms with Gasteiger partial charge in [-0.15, -0.1) is 5.10 Å². The molecule has 4 heteroatoms. The van der Waals surface area contributed by atoms with Crippen LogP contribution in [0.15, 0.2) is 6.20 Å². The minimum atomic E-state index is 1.02. The molecule has 0 aliphatic heterocycles. The van der Waals surface area contributed by atoms with Gasteiger partial charge in [0.1, 0.15) is 0 Å². The molecule has 1 rings (SSSR count). The second kappa shape index (κ2) is 8.96. The van der Waals surface area contributed by atoms with Crippen LogP contribution in [0.5, 0.6) is 0 Å². The highest BCUT2D eigenvalue weighted by molar-refractivity contribution is 14.1. The summed E-state index contributed by atoms with van der Waals surface area (Å²) in [7, 11) is 0. The van der Waals surface area contributed by atoms with Gasteiger partial charge in [-0.2, -0.15) is 0 Å². The van der Waals surface area contributed by atoms with Crippen molar-refractivity contribution in [1.82, 2.24) is 15.0 Å². The molecule has 1 heterocycles. The predicted molar refractivity (Wildman–Crippen MR) is 76.0 cm³/mol. The number of unbranched alkanes of at least 4 members (excludes halogenated alkanes) is 4. The van der Waals surface area contributed by atoms with Gasteiger partial charge in [-0.3, -0.25) is 0 Å². The summed E-state index contributed by atoms with van der Waals surface area (Å²) in [6, 6.07) is 0. The largest absolute Gasteiger partial charge is 0.249 e.